The van der Waals surface area contributed by atoms with E-state index in [9.17, 15) is 4.79 Å². The zero-order valence-corrected chi connectivity index (χ0v) is 13.9. The van der Waals surface area contributed by atoms with Crippen molar-refractivity contribution >= 4 is 11.6 Å². The van der Waals surface area contributed by atoms with E-state index in [0.29, 0.717) is 31.9 Å². The molecule has 1 aliphatic heterocycles. The fourth-order valence-electron chi connectivity index (χ4n) is 2.54. The van der Waals surface area contributed by atoms with Gasteiger partial charge >= 0.3 is 0 Å². The average Bonchev–Trinajstić information content (AvgIpc) is 3.06. The monoisotopic (exact) mass is 330 g/mol. The number of carbonyl (C=O) groups is 1. The number of nitrogens with one attached hydrogen (secondary N) is 2. The molecule has 0 unspecified atom stereocenters. The summed E-state index contributed by atoms with van der Waals surface area (Å²) in [6.07, 6.45) is 3.11. The van der Waals surface area contributed by atoms with Gasteiger partial charge in [0.25, 0.3) is 0 Å². The van der Waals surface area contributed by atoms with Crippen LogP contribution in [0.4, 0.5) is 5.69 Å². The van der Waals surface area contributed by atoms with Crippen LogP contribution in [0.1, 0.15) is 37.5 Å². The van der Waals surface area contributed by atoms with Crippen molar-refractivity contribution in [1.82, 2.24) is 25.1 Å². The lowest BCUT2D eigenvalue weighted by atomic mass is 10.2. The number of aromatic nitrogens is 4. The standard InChI is InChI=1S/C16H22N6O2/c1-11(2)15-19-16(21-20-15)13-9-22(6-7-24-13)10-14(23)18-12-4-3-5-17-8-12/h3-5,8,11,13H,6-7,9-10H2,1-2H3,(H,18,23)(H,19,20,21)/t13-/m0/s1. The first-order valence-corrected chi connectivity index (χ1v) is 8.08. The highest BCUT2D eigenvalue weighted by Gasteiger charge is 2.26. The first-order valence-electron chi connectivity index (χ1n) is 8.08. The van der Waals surface area contributed by atoms with Crippen LogP contribution >= 0.6 is 0 Å². The maximum Gasteiger partial charge on any atom is 0.238 e. The third-order valence-corrected chi connectivity index (χ3v) is 3.80. The molecule has 2 aromatic rings. The molecule has 0 spiro atoms. The number of amides is 1. The quantitative estimate of drug-likeness (QED) is 0.859. The van der Waals surface area contributed by atoms with Crippen LogP contribution < -0.4 is 5.32 Å². The second kappa shape index (κ2) is 7.50. The predicted octanol–water partition coefficient (Wildman–Crippen LogP) is 1.34. The Kier molecular flexibility index (Phi) is 5.17. The lowest BCUT2D eigenvalue weighted by Gasteiger charge is -2.31. The number of ether oxygens (including phenoxy) is 1. The lowest BCUT2D eigenvalue weighted by molar-refractivity contribution is -0.119. The van der Waals surface area contributed by atoms with E-state index in [4.69, 9.17) is 4.74 Å². The molecule has 3 heterocycles. The number of morpholine rings is 1. The molecule has 0 saturated carbocycles. The first kappa shape index (κ1) is 16.5. The topological polar surface area (TPSA) is 96.0 Å². The van der Waals surface area contributed by atoms with Gasteiger partial charge in [-0.15, -0.1) is 0 Å². The summed E-state index contributed by atoms with van der Waals surface area (Å²) in [5.74, 6) is 1.69. The maximum absolute atomic E-state index is 12.2. The van der Waals surface area contributed by atoms with E-state index >= 15 is 0 Å². The molecule has 1 aliphatic rings. The molecule has 24 heavy (non-hydrogen) atoms. The third-order valence-electron chi connectivity index (χ3n) is 3.80. The fraction of sp³-hybridized carbons (Fsp3) is 0.500. The van der Waals surface area contributed by atoms with Crippen molar-refractivity contribution in [2.24, 2.45) is 0 Å². The predicted molar refractivity (Wildman–Crippen MR) is 88.5 cm³/mol. The van der Waals surface area contributed by atoms with Crippen LogP contribution in [0.2, 0.25) is 0 Å². The maximum atomic E-state index is 12.2. The normalized spacial score (nSPS) is 18.7. The zero-order chi connectivity index (χ0) is 16.9. The van der Waals surface area contributed by atoms with Crippen molar-refractivity contribution in [2.45, 2.75) is 25.9 Å². The summed E-state index contributed by atoms with van der Waals surface area (Å²) in [6, 6.07) is 3.60. The smallest absolute Gasteiger partial charge is 0.238 e. The van der Waals surface area contributed by atoms with Crippen LogP contribution in [0.25, 0.3) is 0 Å². The summed E-state index contributed by atoms with van der Waals surface area (Å²) in [7, 11) is 0. The summed E-state index contributed by atoms with van der Waals surface area (Å²) < 4.78 is 5.77. The van der Waals surface area contributed by atoms with Crippen LogP contribution in [0, 0.1) is 0 Å². The van der Waals surface area contributed by atoms with Gasteiger partial charge < -0.3 is 10.1 Å². The van der Waals surface area contributed by atoms with Gasteiger partial charge in [-0.2, -0.15) is 5.10 Å². The molecular formula is C16H22N6O2. The number of anilines is 1. The van der Waals surface area contributed by atoms with Gasteiger partial charge in [-0.25, -0.2) is 4.98 Å². The van der Waals surface area contributed by atoms with Crippen LogP contribution in [-0.2, 0) is 9.53 Å². The minimum atomic E-state index is -0.190. The van der Waals surface area contributed by atoms with Crippen LogP contribution in [0.5, 0.6) is 0 Å². The van der Waals surface area contributed by atoms with Crippen molar-refractivity contribution < 1.29 is 9.53 Å². The van der Waals surface area contributed by atoms with Crippen molar-refractivity contribution in [3.63, 3.8) is 0 Å². The van der Waals surface area contributed by atoms with Gasteiger partial charge in [0.05, 0.1) is 25.0 Å². The molecule has 8 nitrogen and oxygen atoms in total. The van der Waals surface area contributed by atoms with Gasteiger partial charge in [-0.1, -0.05) is 13.8 Å². The summed E-state index contributed by atoms with van der Waals surface area (Å²) >= 11 is 0. The molecule has 1 atom stereocenters. The van der Waals surface area contributed by atoms with E-state index in [1.165, 1.54) is 0 Å². The van der Waals surface area contributed by atoms with E-state index in [-0.39, 0.29) is 17.9 Å². The number of nitrogens with zero attached hydrogens (tertiary/aromatic N) is 4. The van der Waals surface area contributed by atoms with Gasteiger partial charge in [-0.05, 0) is 12.1 Å². The SMILES string of the molecule is CC(C)c1n[nH]c([C@@H]2CN(CC(=O)Nc3cccnc3)CCO2)n1. The number of rotatable bonds is 5. The Morgan fingerprint density at radius 2 is 2.42 bits per heavy atom. The lowest BCUT2D eigenvalue weighted by Crippen LogP contribution is -2.42. The number of aromatic amines is 1. The molecule has 1 saturated heterocycles. The molecule has 2 N–H and O–H groups in total. The van der Waals surface area contributed by atoms with Crippen LogP contribution in [0.15, 0.2) is 24.5 Å². The first-order chi connectivity index (χ1) is 11.6. The Hall–Kier alpha value is -2.32. The molecule has 1 amide bonds. The Balaban J connectivity index is 1.56. The highest BCUT2D eigenvalue weighted by Crippen LogP contribution is 2.20. The highest BCUT2D eigenvalue weighted by molar-refractivity contribution is 5.92. The van der Waals surface area contributed by atoms with Crippen molar-refractivity contribution in [3.8, 4) is 0 Å². The molecule has 8 heteroatoms. The molecule has 128 valence electrons. The molecule has 0 bridgehead atoms. The summed E-state index contributed by atoms with van der Waals surface area (Å²) in [4.78, 5) is 22.7. The summed E-state index contributed by atoms with van der Waals surface area (Å²) in [5, 5.41) is 10.0. The minimum absolute atomic E-state index is 0.0657. The van der Waals surface area contributed by atoms with E-state index < -0.39 is 0 Å². The largest absolute Gasteiger partial charge is 0.368 e. The molecule has 1 fully saturated rings. The van der Waals surface area contributed by atoms with Crippen LogP contribution in [-0.4, -0.2) is 57.2 Å². The number of hydrogen-bond acceptors (Lipinski definition) is 6. The Labute approximate surface area is 140 Å². The Bertz CT molecular complexity index is 672. The van der Waals surface area contributed by atoms with Gasteiger partial charge in [0.2, 0.25) is 5.91 Å². The molecule has 0 aliphatic carbocycles. The van der Waals surface area contributed by atoms with Crippen molar-refractivity contribution in [1.29, 1.82) is 0 Å². The molecule has 3 rings (SSSR count). The zero-order valence-electron chi connectivity index (χ0n) is 13.9. The molecular weight excluding hydrogens is 308 g/mol. The number of H-pyrrole nitrogens is 1. The Morgan fingerprint density at radius 3 is 3.12 bits per heavy atom. The number of hydrogen-bond donors (Lipinski definition) is 2. The number of pyridine rings is 1. The Morgan fingerprint density at radius 1 is 1.54 bits per heavy atom. The molecule has 0 radical (unpaired) electrons. The minimum Gasteiger partial charge on any atom is -0.368 e. The van der Waals surface area contributed by atoms with Gasteiger partial charge in [0.1, 0.15) is 6.10 Å². The van der Waals surface area contributed by atoms with E-state index in [1.807, 2.05) is 19.9 Å². The molecule has 0 aromatic carbocycles. The van der Waals surface area contributed by atoms with E-state index in [1.54, 1.807) is 18.5 Å². The third kappa shape index (κ3) is 4.15. The number of carbonyl (C=O) groups excluding carboxylic acids is 1. The van der Waals surface area contributed by atoms with E-state index in [2.05, 4.69) is 30.4 Å². The van der Waals surface area contributed by atoms with Crippen molar-refractivity contribution in [3.05, 3.63) is 36.2 Å². The van der Waals surface area contributed by atoms with E-state index in [0.717, 1.165) is 11.6 Å². The fourth-order valence-corrected chi connectivity index (χ4v) is 2.54. The molecule has 2 aromatic heterocycles. The second-order valence-corrected chi connectivity index (χ2v) is 6.12. The second-order valence-electron chi connectivity index (χ2n) is 6.12. The summed E-state index contributed by atoms with van der Waals surface area (Å²) in [5.41, 5.74) is 0.698. The average molecular weight is 330 g/mol. The highest BCUT2D eigenvalue weighted by atomic mass is 16.5. The van der Waals surface area contributed by atoms with Gasteiger partial charge in [-0.3, -0.25) is 19.8 Å². The van der Waals surface area contributed by atoms with Gasteiger partial charge in [0.15, 0.2) is 11.6 Å². The summed E-state index contributed by atoms with van der Waals surface area (Å²) in [6.45, 7) is 6.27. The van der Waals surface area contributed by atoms with Gasteiger partial charge in [0, 0.05) is 25.2 Å². The van der Waals surface area contributed by atoms with Crippen molar-refractivity contribution in [2.75, 3.05) is 31.6 Å². The van der Waals surface area contributed by atoms with Crippen LogP contribution in [0.3, 0.4) is 0 Å².